The fourth-order valence-corrected chi connectivity index (χ4v) is 2.44. The molecular weight excluding hydrogens is 331 g/mol. The molecule has 2 rings (SSSR count). The molecule has 1 fully saturated rings. The lowest BCUT2D eigenvalue weighted by molar-refractivity contribution is -0.138. The summed E-state index contributed by atoms with van der Waals surface area (Å²) in [6.45, 7) is 7.25. The molecule has 7 heteroatoms. The van der Waals surface area contributed by atoms with E-state index in [1.165, 1.54) is 19.1 Å². The molecule has 1 amide bonds. The van der Waals surface area contributed by atoms with Crippen molar-refractivity contribution in [3.05, 3.63) is 29.3 Å². The van der Waals surface area contributed by atoms with Gasteiger partial charge in [0.15, 0.2) is 0 Å². The van der Waals surface area contributed by atoms with Crippen molar-refractivity contribution in [3.63, 3.8) is 0 Å². The molecule has 0 saturated carbocycles. The molecule has 0 radical (unpaired) electrons. The van der Waals surface area contributed by atoms with Crippen LogP contribution in [0.25, 0.3) is 0 Å². The van der Waals surface area contributed by atoms with Gasteiger partial charge in [0.05, 0.1) is 5.56 Å². The molecule has 0 atom stereocenters. The summed E-state index contributed by atoms with van der Waals surface area (Å²) < 4.78 is 39.3. The van der Waals surface area contributed by atoms with E-state index in [0.717, 1.165) is 32.0 Å². The maximum Gasteiger partial charge on any atom is 0.416 e. The Kier molecular flexibility index (Phi) is 11.1. The number of amides is 1. The molecule has 1 aliphatic heterocycles. The number of hydrogen-bond donors (Lipinski definition) is 2. The van der Waals surface area contributed by atoms with E-state index in [2.05, 4.69) is 10.6 Å². The van der Waals surface area contributed by atoms with Crippen molar-refractivity contribution in [1.82, 2.24) is 10.2 Å². The van der Waals surface area contributed by atoms with E-state index >= 15 is 0 Å². The van der Waals surface area contributed by atoms with Crippen molar-refractivity contribution in [2.45, 2.75) is 46.3 Å². The van der Waals surface area contributed by atoms with Gasteiger partial charge in [0.25, 0.3) is 0 Å². The Bertz CT molecular complexity index is 513. The number of rotatable bonds is 3. The summed E-state index contributed by atoms with van der Waals surface area (Å²) in [4.78, 5) is 13.0. The molecule has 1 aromatic carbocycles. The highest BCUT2D eigenvalue weighted by atomic mass is 19.4. The third-order valence-corrected chi connectivity index (χ3v) is 3.33. The van der Waals surface area contributed by atoms with Crippen LogP contribution in [0.3, 0.4) is 0 Å². The summed E-state index contributed by atoms with van der Waals surface area (Å²) in [5, 5.41) is 5.14. The number of nitrogens with one attached hydrogen (secondary N) is 2. The van der Waals surface area contributed by atoms with Crippen molar-refractivity contribution in [3.8, 4) is 0 Å². The van der Waals surface area contributed by atoms with Crippen molar-refractivity contribution >= 4 is 11.6 Å². The average molecular weight is 361 g/mol. The SMILES string of the molecule is CC.CC(=O)Nc1ccc(CN2CCCC2)c(C(F)(F)F)c1.CNC. The van der Waals surface area contributed by atoms with E-state index in [1.54, 1.807) is 0 Å². The smallest absolute Gasteiger partial charge is 0.326 e. The van der Waals surface area contributed by atoms with Gasteiger partial charge in [0.2, 0.25) is 5.91 Å². The number of benzene rings is 1. The summed E-state index contributed by atoms with van der Waals surface area (Å²) in [5.41, 5.74) is -0.237. The Balaban J connectivity index is 0.00000104. The molecule has 0 bridgehead atoms. The molecule has 144 valence electrons. The van der Waals surface area contributed by atoms with E-state index in [4.69, 9.17) is 0 Å². The van der Waals surface area contributed by atoms with Crippen LogP contribution in [0.4, 0.5) is 18.9 Å². The zero-order chi connectivity index (χ0) is 19.5. The first-order chi connectivity index (χ1) is 11.8. The van der Waals surface area contributed by atoms with Crippen LogP contribution < -0.4 is 10.6 Å². The third-order valence-electron chi connectivity index (χ3n) is 3.33. The van der Waals surface area contributed by atoms with Gasteiger partial charge in [0, 0.05) is 19.2 Å². The zero-order valence-electron chi connectivity index (χ0n) is 15.8. The molecule has 25 heavy (non-hydrogen) atoms. The number of halogens is 3. The fourth-order valence-electron chi connectivity index (χ4n) is 2.44. The monoisotopic (exact) mass is 361 g/mol. The standard InChI is InChI=1S/C14H17F3N2O.C2H7N.C2H6/c1-10(20)18-12-5-4-11(9-19-6-2-3-7-19)13(8-12)14(15,16)17;1-3-2;1-2/h4-5,8H,2-3,6-7,9H2,1H3,(H,18,20);3H,1-2H3;1-2H3. The number of alkyl halides is 3. The van der Waals surface area contributed by atoms with E-state index in [1.807, 2.05) is 32.8 Å². The summed E-state index contributed by atoms with van der Waals surface area (Å²) in [6.07, 6.45) is -2.35. The first-order valence-electron chi connectivity index (χ1n) is 8.56. The van der Waals surface area contributed by atoms with Crippen LogP contribution in [-0.4, -0.2) is 38.0 Å². The predicted molar refractivity (Wildman–Crippen MR) is 96.6 cm³/mol. The van der Waals surface area contributed by atoms with Crippen LogP contribution in [0.2, 0.25) is 0 Å². The molecule has 1 saturated heterocycles. The van der Waals surface area contributed by atoms with Crippen LogP contribution >= 0.6 is 0 Å². The molecule has 4 nitrogen and oxygen atoms in total. The van der Waals surface area contributed by atoms with Gasteiger partial charge in [-0.1, -0.05) is 19.9 Å². The molecule has 1 aromatic rings. The topological polar surface area (TPSA) is 44.4 Å². The molecule has 0 aromatic heterocycles. The number of carbonyl (C=O) groups excluding carboxylic acids is 1. The maximum atomic E-state index is 13.1. The summed E-state index contributed by atoms with van der Waals surface area (Å²) in [6, 6.07) is 3.97. The lowest BCUT2D eigenvalue weighted by atomic mass is 10.1. The Hall–Kier alpha value is -1.60. The number of nitrogens with zero attached hydrogens (tertiary/aromatic N) is 1. The minimum absolute atomic E-state index is 0.176. The Morgan fingerprint density at radius 1 is 1.16 bits per heavy atom. The van der Waals surface area contributed by atoms with Gasteiger partial charge in [-0.15, -0.1) is 0 Å². The van der Waals surface area contributed by atoms with Crippen LogP contribution in [0.1, 0.15) is 44.7 Å². The van der Waals surface area contributed by atoms with E-state index in [0.29, 0.717) is 6.54 Å². The molecule has 0 aliphatic carbocycles. The second-order valence-corrected chi connectivity index (χ2v) is 5.53. The Morgan fingerprint density at radius 3 is 2.12 bits per heavy atom. The van der Waals surface area contributed by atoms with Gasteiger partial charge < -0.3 is 10.6 Å². The maximum absolute atomic E-state index is 13.1. The lowest BCUT2D eigenvalue weighted by Crippen LogP contribution is -2.21. The van der Waals surface area contributed by atoms with Crippen LogP contribution in [-0.2, 0) is 17.5 Å². The largest absolute Gasteiger partial charge is 0.416 e. The van der Waals surface area contributed by atoms with Gasteiger partial charge in [0.1, 0.15) is 0 Å². The Morgan fingerprint density at radius 2 is 1.68 bits per heavy atom. The predicted octanol–water partition coefficient (Wildman–Crippen LogP) is 4.12. The molecular formula is C18H30F3N3O. The molecule has 2 N–H and O–H groups in total. The highest BCUT2D eigenvalue weighted by molar-refractivity contribution is 5.88. The van der Waals surface area contributed by atoms with Crippen LogP contribution in [0, 0.1) is 0 Å². The van der Waals surface area contributed by atoms with Gasteiger partial charge >= 0.3 is 6.18 Å². The molecule has 1 aliphatic rings. The quantitative estimate of drug-likeness (QED) is 0.851. The van der Waals surface area contributed by atoms with Gasteiger partial charge in [-0.2, -0.15) is 13.2 Å². The number of hydrogen-bond acceptors (Lipinski definition) is 3. The molecule has 0 spiro atoms. The molecule has 0 unspecified atom stereocenters. The minimum atomic E-state index is -4.41. The summed E-state index contributed by atoms with van der Waals surface area (Å²) >= 11 is 0. The highest BCUT2D eigenvalue weighted by Crippen LogP contribution is 2.34. The first-order valence-corrected chi connectivity index (χ1v) is 8.56. The number of carbonyl (C=O) groups is 1. The summed E-state index contributed by atoms with van der Waals surface area (Å²) in [7, 11) is 3.75. The van der Waals surface area contributed by atoms with Crippen molar-refractivity contribution < 1.29 is 18.0 Å². The first kappa shape index (κ1) is 23.4. The van der Waals surface area contributed by atoms with Crippen LogP contribution in [0.15, 0.2) is 18.2 Å². The number of anilines is 1. The van der Waals surface area contributed by atoms with Crippen molar-refractivity contribution in [2.24, 2.45) is 0 Å². The van der Waals surface area contributed by atoms with Gasteiger partial charge in [-0.05, 0) is 57.7 Å². The fraction of sp³-hybridized carbons (Fsp3) is 0.611. The summed E-state index contributed by atoms with van der Waals surface area (Å²) in [5.74, 6) is -0.384. The highest BCUT2D eigenvalue weighted by Gasteiger charge is 2.34. The molecule has 1 heterocycles. The van der Waals surface area contributed by atoms with Crippen molar-refractivity contribution in [1.29, 1.82) is 0 Å². The second-order valence-electron chi connectivity index (χ2n) is 5.53. The van der Waals surface area contributed by atoms with E-state index in [9.17, 15) is 18.0 Å². The third kappa shape index (κ3) is 8.88. The van der Waals surface area contributed by atoms with Crippen LogP contribution in [0.5, 0.6) is 0 Å². The Labute approximate surface area is 148 Å². The van der Waals surface area contributed by atoms with E-state index < -0.39 is 11.7 Å². The zero-order valence-corrected chi connectivity index (χ0v) is 15.8. The second kappa shape index (κ2) is 11.9. The lowest BCUT2D eigenvalue weighted by Gasteiger charge is -2.19. The van der Waals surface area contributed by atoms with Gasteiger partial charge in [-0.25, -0.2) is 0 Å². The number of likely N-dealkylation sites (tertiary alicyclic amines) is 1. The van der Waals surface area contributed by atoms with Crippen molar-refractivity contribution in [2.75, 3.05) is 32.5 Å². The normalized spacial score (nSPS) is 14.1. The minimum Gasteiger partial charge on any atom is -0.326 e. The van der Waals surface area contributed by atoms with Gasteiger partial charge in [-0.3, -0.25) is 9.69 Å². The van der Waals surface area contributed by atoms with E-state index in [-0.39, 0.29) is 17.2 Å². The average Bonchev–Trinajstić information content (AvgIpc) is 3.03.